The minimum absolute atomic E-state index is 0.0213. The van der Waals surface area contributed by atoms with E-state index in [2.05, 4.69) is 15.3 Å². The van der Waals surface area contributed by atoms with Gasteiger partial charge in [-0.25, -0.2) is 4.98 Å². The fourth-order valence-electron chi connectivity index (χ4n) is 3.15. The van der Waals surface area contributed by atoms with Crippen molar-refractivity contribution >= 4 is 51.7 Å². The predicted octanol–water partition coefficient (Wildman–Crippen LogP) is 4.77. The van der Waals surface area contributed by atoms with Crippen molar-refractivity contribution in [3.63, 3.8) is 0 Å². The van der Waals surface area contributed by atoms with Crippen LogP contribution in [0.25, 0.3) is 22.2 Å². The summed E-state index contributed by atoms with van der Waals surface area (Å²) < 4.78 is 1.07. The monoisotopic (exact) mass is 454 g/mol. The number of halogens is 2. The van der Waals surface area contributed by atoms with Crippen molar-refractivity contribution in [1.29, 1.82) is 0 Å². The number of carbonyl (C=O) groups is 1. The van der Waals surface area contributed by atoms with Gasteiger partial charge in [0.15, 0.2) is 11.4 Å². The SMILES string of the molecule is COn1c(=O)c(-c2c(Cl)cccc2Cl)cc2cnc(Nc3ccc(C(C)=O)cc3)nc21. The molecule has 4 aromatic rings. The molecule has 0 radical (unpaired) electrons. The van der Waals surface area contributed by atoms with Gasteiger partial charge in [0.25, 0.3) is 5.56 Å². The summed E-state index contributed by atoms with van der Waals surface area (Å²) in [6.07, 6.45) is 1.57. The summed E-state index contributed by atoms with van der Waals surface area (Å²) in [6.45, 7) is 1.50. The van der Waals surface area contributed by atoms with Gasteiger partial charge in [0.2, 0.25) is 5.95 Å². The first-order valence-electron chi connectivity index (χ1n) is 9.18. The van der Waals surface area contributed by atoms with Crippen LogP contribution in [-0.2, 0) is 0 Å². The van der Waals surface area contributed by atoms with Gasteiger partial charge in [0.1, 0.15) is 7.11 Å². The van der Waals surface area contributed by atoms with Crippen LogP contribution in [0.1, 0.15) is 17.3 Å². The number of hydrogen-bond donors (Lipinski definition) is 1. The first-order valence-corrected chi connectivity index (χ1v) is 9.94. The van der Waals surface area contributed by atoms with E-state index in [-0.39, 0.29) is 22.9 Å². The maximum atomic E-state index is 13.1. The van der Waals surface area contributed by atoms with Gasteiger partial charge in [0, 0.05) is 28.4 Å². The fourth-order valence-corrected chi connectivity index (χ4v) is 3.75. The van der Waals surface area contributed by atoms with Crippen molar-refractivity contribution in [3.8, 4) is 11.1 Å². The molecule has 4 rings (SSSR count). The molecule has 0 aliphatic rings. The summed E-state index contributed by atoms with van der Waals surface area (Å²) in [5.41, 5.74) is 1.79. The van der Waals surface area contributed by atoms with Crippen molar-refractivity contribution in [2.24, 2.45) is 0 Å². The van der Waals surface area contributed by atoms with E-state index in [9.17, 15) is 9.59 Å². The average molecular weight is 455 g/mol. The molecule has 0 saturated carbocycles. The van der Waals surface area contributed by atoms with Crippen LogP contribution >= 0.6 is 23.2 Å². The normalized spacial score (nSPS) is 10.8. The molecule has 31 heavy (non-hydrogen) atoms. The van der Waals surface area contributed by atoms with Crippen molar-refractivity contribution < 1.29 is 9.63 Å². The molecule has 0 fully saturated rings. The Morgan fingerprint density at radius 1 is 1.10 bits per heavy atom. The Hall–Kier alpha value is -3.42. The van der Waals surface area contributed by atoms with Gasteiger partial charge >= 0.3 is 0 Å². The van der Waals surface area contributed by atoms with E-state index in [0.717, 1.165) is 4.73 Å². The van der Waals surface area contributed by atoms with Crippen molar-refractivity contribution in [1.82, 2.24) is 14.7 Å². The number of nitrogens with zero attached hydrogens (tertiary/aromatic N) is 3. The number of hydrogen-bond acceptors (Lipinski definition) is 6. The zero-order valence-corrected chi connectivity index (χ0v) is 18.0. The molecule has 1 N–H and O–H groups in total. The van der Waals surface area contributed by atoms with Crippen LogP contribution in [0.2, 0.25) is 10.0 Å². The molecule has 7 nitrogen and oxygen atoms in total. The van der Waals surface area contributed by atoms with E-state index in [1.807, 2.05) is 0 Å². The van der Waals surface area contributed by atoms with Crippen LogP contribution < -0.4 is 15.7 Å². The summed E-state index contributed by atoms with van der Waals surface area (Å²) >= 11 is 12.6. The Bertz CT molecular complexity index is 1350. The summed E-state index contributed by atoms with van der Waals surface area (Å²) in [6, 6.07) is 13.5. The van der Waals surface area contributed by atoms with Crippen molar-refractivity contribution in [3.05, 3.63) is 80.7 Å². The first-order chi connectivity index (χ1) is 14.9. The van der Waals surface area contributed by atoms with E-state index in [0.29, 0.717) is 32.2 Å². The van der Waals surface area contributed by atoms with Crippen LogP contribution in [0, 0.1) is 0 Å². The van der Waals surface area contributed by atoms with E-state index >= 15 is 0 Å². The Morgan fingerprint density at radius 2 is 1.77 bits per heavy atom. The number of anilines is 2. The number of Topliss-reactive ketones (excluding diaryl/α,β-unsaturated/α-hetero) is 1. The van der Waals surface area contributed by atoms with Crippen LogP contribution in [0.3, 0.4) is 0 Å². The van der Waals surface area contributed by atoms with E-state index in [4.69, 9.17) is 28.0 Å². The molecule has 0 bridgehead atoms. The number of aromatic nitrogens is 3. The van der Waals surface area contributed by atoms with Crippen molar-refractivity contribution in [2.45, 2.75) is 6.92 Å². The maximum absolute atomic E-state index is 13.1. The number of fused-ring (bicyclic) bond motifs is 1. The Labute approximate surface area is 187 Å². The molecular weight excluding hydrogens is 439 g/mol. The van der Waals surface area contributed by atoms with E-state index in [1.165, 1.54) is 14.0 Å². The second kappa shape index (κ2) is 8.37. The van der Waals surface area contributed by atoms with Gasteiger partial charge in [-0.15, -0.1) is 4.73 Å². The number of nitrogens with one attached hydrogen (secondary N) is 1. The van der Waals surface area contributed by atoms with Crippen LogP contribution in [0.5, 0.6) is 0 Å². The van der Waals surface area contributed by atoms with Crippen LogP contribution in [0.4, 0.5) is 11.6 Å². The second-order valence-electron chi connectivity index (χ2n) is 6.67. The summed E-state index contributed by atoms with van der Waals surface area (Å²) in [4.78, 5) is 38.6. The third-order valence-electron chi connectivity index (χ3n) is 4.67. The third-order valence-corrected chi connectivity index (χ3v) is 5.30. The first kappa shape index (κ1) is 20.8. The van der Waals surface area contributed by atoms with Gasteiger partial charge in [0.05, 0.1) is 15.6 Å². The third kappa shape index (κ3) is 3.97. The molecule has 0 amide bonds. The van der Waals surface area contributed by atoms with Gasteiger partial charge in [-0.1, -0.05) is 29.3 Å². The lowest BCUT2D eigenvalue weighted by Gasteiger charge is -2.13. The van der Waals surface area contributed by atoms with Gasteiger partial charge in [-0.3, -0.25) is 9.59 Å². The standard InChI is InChI=1S/C22H16Cl2N4O3/c1-12(29)13-6-8-15(9-7-13)26-22-25-11-14-10-16(19-17(23)4-3-5-18(19)24)21(30)28(31-2)20(14)27-22/h3-11H,1-2H3,(H,25,26,27). The van der Waals surface area contributed by atoms with E-state index in [1.54, 1.807) is 54.7 Å². The highest BCUT2D eigenvalue weighted by Gasteiger charge is 2.18. The lowest BCUT2D eigenvalue weighted by Crippen LogP contribution is -2.27. The molecule has 0 aliphatic heterocycles. The predicted molar refractivity (Wildman–Crippen MR) is 121 cm³/mol. The van der Waals surface area contributed by atoms with Gasteiger partial charge < -0.3 is 10.2 Å². The molecule has 9 heteroatoms. The molecule has 2 heterocycles. The number of rotatable bonds is 5. The van der Waals surface area contributed by atoms with Gasteiger partial charge in [-0.2, -0.15) is 4.98 Å². The highest BCUT2D eigenvalue weighted by atomic mass is 35.5. The number of pyridine rings is 1. The van der Waals surface area contributed by atoms with Crippen LogP contribution in [-0.4, -0.2) is 27.6 Å². The smallest absolute Gasteiger partial charge is 0.293 e. The summed E-state index contributed by atoms with van der Waals surface area (Å²) in [7, 11) is 1.37. The summed E-state index contributed by atoms with van der Waals surface area (Å²) in [5.74, 6) is 0.240. The van der Waals surface area contributed by atoms with E-state index < -0.39 is 5.56 Å². The number of carbonyl (C=O) groups excluding carboxylic acids is 1. The highest BCUT2D eigenvalue weighted by molar-refractivity contribution is 6.39. The Morgan fingerprint density at radius 3 is 2.39 bits per heavy atom. The molecule has 156 valence electrons. The zero-order chi connectivity index (χ0) is 22.1. The van der Waals surface area contributed by atoms with Crippen LogP contribution in [0.15, 0.2) is 59.5 Å². The molecule has 2 aromatic heterocycles. The molecule has 0 unspecified atom stereocenters. The highest BCUT2D eigenvalue weighted by Crippen LogP contribution is 2.33. The fraction of sp³-hybridized carbons (Fsp3) is 0.0909. The lowest BCUT2D eigenvalue weighted by molar-refractivity contribution is 0.101. The summed E-state index contributed by atoms with van der Waals surface area (Å²) in [5, 5.41) is 4.31. The minimum Gasteiger partial charge on any atom is -0.412 e. The molecule has 0 atom stereocenters. The average Bonchev–Trinajstić information content (AvgIpc) is 2.74. The number of benzene rings is 2. The molecule has 0 spiro atoms. The quantitative estimate of drug-likeness (QED) is 0.437. The maximum Gasteiger partial charge on any atom is 0.293 e. The minimum atomic E-state index is -0.458. The molecular formula is C22H16Cl2N4O3. The van der Waals surface area contributed by atoms with Crippen molar-refractivity contribution in [2.75, 3.05) is 12.4 Å². The Balaban J connectivity index is 1.80. The zero-order valence-electron chi connectivity index (χ0n) is 16.5. The number of ketones is 1. The molecule has 0 saturated heterocycles. The lowest BCUT2D eigenvalue weighted by atomic mass is 10.1. The molecule has 0 aliphatic carbocycles. The second-order valence-corrected chi connectivity index (χ2v) is 7.48. The Kier molecular flexibility index (Phi) is 5.63. The topological polar surface area (TPSA) is 86.1 Å². The van der Waals surface area contributed by atoms with Gasteiger partial charge in [-0.05, 0) is 49.4 Å². The largest absolute Gasteiger partial charge is 0.412 e. The molecule has 2 aromatic carbocycles.